The topological polar surface area (TPSA) is 40.6 Å². The Hall–Kier alpha value is -1.92. The maximum Gasteiger partial charge on any atom is 0.243 e. The van der Waals surface area contributed by atoms with Crippen molar-refractivity contribution in [2.75, 3.05) is 26.2 Å². The summed E-state index contributed by atoms with van der Waals surface area (Å²) >= 11 is 6.24. The summed E-state index contributed by atoms with van der Waals surface area (Å²) in [5, 5.41) is 2.74. The summed E-state index contributed by atoms with van der Waals surface area (Å²) in [5.74, 6) is 0. The monoisotopic (exact) mass is 400 g/mol. The quantitative estimate of drug-likeness (QED) is 0.664. The Morgan fingerprint density at radius 3 is 2.22 bits per heavy atom. The van der Waals surface area contributed by atoms with E-state index in [1.807, 2.05) is 54.6 Å². The molecule has 1 aliphatic rings. The minimum absolute atomic E-state index is 0.362. The maximum absolute atomic E-state index is 13.0. The third-order valence-electron chi connectivity index (χ3n) is 5.04. The van der Waals surface area contributed by atoms with Crippen LogP contribution in [0.1, 0.15) is 5.56 Å². The molecule has 0 radical (unpaired) electrons. The molecule has 0 N–H and O–H groups in total. The van der Waals surface area contributed by atoms with Gasteiger partial charge in [-0.3, -0.25) is 4.90 Å². The van der Waals surface area contributed by atoms with Crippen LogP contribution >= 0.6 is 11.6 Å². The molecule has 0 bridgehead atoms. The largest absolute Gasteiger partial charge is 0.296 e. The summed E-state index contributed by atoms with van der Waals surface area (Å²) in [6.07, 6.45) is 0. The van der Waals surface area contributed by atoms with Crippen LogP contribution in [-0.4, -0.2) is 43.8 Å². The Morgan fingerprint density at radius 1 is 0.815 bits per heavy atom. The molecule has 3 aromatic carbocycles. The lowest BCUT2D eigenvalue weighted by atomic mass is 10.1. The van der Waals surface area contributed by atoms with Crippen molar-refractivity contribution < 1.29 is 8.42 Å². The highest BCUT2D eigenvalue weighted by Gasteiger charge is 2.28. The maximum atomic E-state index is 13.0. The third kappa shape index (κ3) is 3.87. The Bertz CT molecular complexity index is 1060. The van der Waals surface area contributed by atoms with Crippen molar-refractivity contribution in [2.45, 2.75) is 11.4 Å². The van der Waals surface area contributed by atoms with Crippen molar-refractivity contribution >= 4 is 32.4 Å². The number of piperazine rings is 1. The molecular formula is C21H21ClN2O2S. The van der Waals surface area contributed by atoms with Crippen LogP contribution in [0.3, 0.4) is 0 Å². The van der Waals surface area contributed by atoms with Crippen molar-refractivity contribution in [2.24, 2.45) is 0 Å². The number of sulfonamides is 1. The number of nitrogens with zero attached hydrogens (tertiary/aromatic N) is 2. The fourth-order valence-electron chi connectivity index (χ4n) is 3.47. The van der Waals surface area contributed by atoms with Crippen LogP contribution in [0.4, 0.5) is 0 Å². The summed E-state index contributed by atoms with van der Waals surface area (Å²) < 4.78 is 27.7. The number of hydrogen-bond donors (Lipinski definition) is 0. The molecule has 1 saturated heterocycles. The van der Waals surface area contributed by atoms with Crippen LogP contribution in [0.25, 0.3) is 10.8 Å². The van der Waals surface area contributed by atoms with Crippen molar-refractivity contribution in [3.63, 3.8) is 0 Å². The fraction of sp³-hybridized carbons (Fsp3) is 0.238. The molecule has 1 heterocycles. The van der Waals surface area contributed by atoms with Crippen LogP contribution < -0.4 is 0 Å². The standard InChI is InChI=1S/C21H21ClN2O2S/c22-21-8-4-3-7-19(21)16-23-11-13-24(14-12-23)27(25,26)20-10-9-17-5-1-2-6-18(17)15-20/h1-10,15H,11-14,16H2. The highest BCUT2D eigenvalue weighted by molar-refractivity contribution is 7.89. The van der Waals surface area contributed by atoms with Gasteiger partial charge in [0, 0.05) is 37.7 Å². The first-order valence-electron chi connectivity index (χ1n) is 8.99. The normalized spacial score (nSPS) is 16.6. The van der Waals surface area contributed by atoms with E-state index in [9.17, 15) is 8.42 Å². The predicted molar refractivity (Wildman–Crippen MR) is 109 cm³/mol. The highest BCUT2D eigenvalue weighted by atomic mass is 35.5. The Balaban J connectivity index is 1.47. The molecular weight excluding hydrogens is 380 g/mol. The Kier molecular flexibility index (Phi) is 5.19. The van der Waals surface area contributed by atoms with Gasteiger partial charge < -0.3 is 0 Å². The predicted octanol–water partition coefficient (Wildman–Crippen LogP) is 4.00. The summed E-state index contributed by atoms with van der Waals surface area (Å²) in [6.45, 7) is 3.10. The molecule has 0 amide bonds. The van der Waals surface area contributed by atoms with Crippen molar-refractivity contribution in [3.05, 3.63) is 77.3 Å². The van der Waals surface area contributed by atoms with Gasteiger partial charge in [-0.2, -0.15) is 4.31 Å². The van der Waals surface area contributed by atoms with Crippen LogP contribution in [0, 0.1) is 0 Å². The van der Waals surface area contributed by atoms with Crippen molar-refractivity contribution in [1.29, 1.82) is 0 Å². The summed E-state index contributed by atoms with van der Waals surface area (Å²) in [6, 6.07) is 20.9. The summed E-state index contributed by atoms with van der Waals surface area (Å²) in [5.41, 5.74) is 1.07. The number of hydrogen-bond acceptors (Lipinski definition) is 3. The van der Waals surface area contributed by atoms with Gasteiger partial charge in [0.1, 0.15) is 0 Å². The molecule has 27 heavy (non-hydrogen) atoms. The number of benzene rings is 3. The molecule has 6 heteroatoms. The van der Waals surface area contributed by atoms with Crippen LogP contribution in [0.5, 0.6) is 0 Å². The number of fused-ring (bicyclic) bond motifs is 1. The van der Waals surface area contributed by atoms with Gasteiger partial charge in [0.05, 0.1) is 4.90 Å². The first-order valence-corrected chi connectivity index (χ1v) is 10.8. The molecule has 1 fully saturated rings. The third-order valence-corrected chi connectivity index (χ3v) is 7.31. The molecule has 0 aromatic heterocycles. The van der Waals surface area contributed by atoms with Crippen LogP contribution in [-0.2, 0) is 16.6 Å². The zero-order chi connectivity index (χ0) is 18.9. The molecule has 0 aliphatic carbocycles. The van der Waals surface area contributed by atoms with E-state index in [0.717, 1.165) is 27.9 Å². The van der Waals surface area contributed by atoms with E-state index in [1.165, 1.54) is 0 Å². The Labute approximate surface area is 165 Å². The molecule has 1 aliphatic heterocycles. The summed E-state index contributed by atoms with van der Waals surface area (Å²) in [7, 11) is -3.48. The van der Waals surface area contributed by atoms with Crippen LogP contribution in [0.15, 0.2) is 71.6 Å². The van der Waals surface area contributed by atoms with E-state index in [1.54, 1.807) is 16.4 Å². The van der Waals surface area contributed by atoms with Gasteiger partial charge in [-0.15, -0.1) is 0 Å². The number of rotatable bonds is 4. The molecule has 0 saturated carbocycles. The molecule has 140 valence electrons. The molecule has 0 spiro atoms. The van der Waals surface area contributed by atoms with Crippen molar-refractivity contribution in [3.8, 4) is 0 Å². The second-order valence-corrected chi connectivity index (χ2v) is 9.13. The van der Waals surface area contributed by atoms with E-state index >= 15 is 0 Å². The van der Waals surface area contributed by atoms with Gasteiger partial charge in [-0.25, -0.2) is 8.42 Å². The van der Waals surface area contributed by atoms with Gasteiger partial charge >= 0.3 is 0 Å². The summed E-state index contributed by atoms with van der Waals surface area (Å²) in [4.78, 5) is 2.61. The van der Waals surface area contributed by atoms with Crippen molar-refractivity contribution in [1.82, 2.24) is 9.21 Å². The second-order valence-electron chi connectivity index (χ2n) is 6.78. The fourth-order valence-corrected chi connectivity index (χ4v) is 5.13. The van der Waals surface area contributed by atoms with E-state index < -0.39 is 10.0 Å². The van der Waals surface area contributed by atoms with E-state index in [0.29, 0.717) is 31.1 Å². The zero-order valence-corrected chi connectivity index (χ0v) is 16.5. The smallest absolute Gasteiger partial charge is 0.243 e. The average Bonchev–Trinajstić information content (AvgIpc) is 2.70. The highest BCUT2D eigenvalue weighted by Crippen LogP contribution is 2.24. The molecule has 3 aromatic rings. The average molecular weight is 401 g/mol. The zero-order valence-electron chi connectivity index (χ0n) is 14.9. The van der Waals surface area contributed by atoms with E-state index in [-0.39, 0.29) is 0 Å². The second kappa shape index (κ2) is 7.60. The lowest BCUT2D eigenvalue weighted by Crippen LogP contribution is -2.48. The van der Waals surface area contributed by atoms with Gasteiger partial charge in [0.25, 0.3) is 0 Å². The van der Waals surface area contributed by atoms with Crippen LogP contribution in [0.2, 0.25) is 5.02 Å². The molecule has 4 rings (SSSR count). The molecule has 4 nitrogen and oxygen atoms in total. The first-order chi connectivity index (χ1) is 13.0. The Morgan fingerprint density at radius 2 is 1.48 bits per heavy atom. The SMILES string of the molecule is O=S(=O)(c1ccc2ccccc2c1)N1CCN(Cc2ccccc2Cl)CC1. The van der Waals surface area contributed by atoms with E-state index in [2.05, 4.69) is 4.90 Å². The van der Waals surface area contributed by atoms with E-state index in [4.69, 9.17) is 11.6 Å². The first kappa shape index (κ1) is 18.4. The molecule has 0 unspecified atom stereocenters. The minimum atomic E-state index is -3.48. The lowest BCUT2D eigenvalue weighted by Gasteiger charge is -2.34. The lowest BCUT2D eigenvalue weighted by molar-refractivity contribution is 0.181. The number of halogens is 1. The van der Waals surface area contributed by atoms with Gasteiger partial charge in [0.15, 0.2) is 0 Å². The van der Waals surface area contributed by atoms with Gasteiger partial charge in [0.2, 0.25) is 10.0 Å². The van der Waals surface area contributed by atoms with Gasteiger partial charge in [-0.05, 0) is 34.5 Å². The van der Waals surface area contributed by atoms with Gasteiger partial charge in [-0.1, -0.05) is 60.1 Å². The molecule has 0 atom stereocenters. The minimum Gasteiger partial charge on any atom is -0.296 e.